The number of rotatable bonds is 2. The van der Waals surface area contributed by atoms with Crippen LogP contribution >= 0.6 is 11.6 Å². The number of ether oxygens (including phenoxy) is 1. The van der Waals surface area contributed by atoms with Gasteiger partial charge in [0, 0.05) is 6.07 Å². The van der Waals surface area contributed by atoms with Gasteiger partial charge in [-0.2, -0.15) is 14.0 Å². The highest BCUT2D eigenvalue weighted by atomic mass is 35.5. The fraction of sp³-hybridized carbons (Fsp3) is 0.125. The van der Waals surface area contributed by atoms with E-state index in [2.05, 4.69) is 4.74 Å². The quantitative estimate of drug-likeness (QED) is 0.776. The minimum Gasteiger partial charge on any atom is -0.435 e. The van der Waals surface area contributed by atoms with E-state index in [1.807, 2.05) is 0 Å². The number of alkyl halides is 2. The van der Waals surface area contributed by atoms with Crippen LogP contribution in [0.3, 0.4) is 0 Å². The number of nitrogens with two attached hydrogens (primary N) is 1. The molecular formula is C8H5ClF2N2O. The molecule has 0 aliphatic heterocycles. The molecule has 74 valence electrons. The molecule has 0 amide bonds. The van der Waals surface area contributed by atoms with E-state index in [9.17, 15) is 8.78 Å². The highest BCUT2D eigenvalue weighted by Gasteiger charge is 2.10. The van der Waals surface area contributed by atoms with Gasteiger partial charge in [0.2, 0.25) is 0 Å². The Morgan fingerprint density at radius 3 is 2.64 bits per heavy atom. The molecule has 3 nitrogen and oxygen atoms in total. The molecule has 0 atom stereocenters. The first-order chi connectivity index (χ1) is 6.54. The number of nitrogen functional groups attached to an aromatic ring is 1. The molecule has 14 heavy (non-hydrogen) atoms. The Morgan fingerprint density at radius 1 is 1.50 bits per heavy atom. The predicted molar refractivity (Wildman–Crippen MR) is 47.2 cm³/mol. The van der Waals surface area contributed by atoms with Gasteiger partial charge in [-0.1, -0.05) is 11.6 Å². The molecule has 0 saturated heterocycles. The van der Waals surface area contributed by atoms with Gasteiger partial charge >= 0.3 is 6.61 Å². The molecule has 0 radical (unpaired) electrons. The van der Waals surface area contributed by atoms with Crippen LogP contribution in [-0.4, -0.2) is 6.61 Å². The van der Waals surface area contributed by atoms with Crippen molar-refractivity contribution in [1.82, 2.24) is 0 Å². The van der Waals surface area contributed by atoms with Gasteiger partial charge < -0.3 is 10.5 Å². The van der Waals surface area contributed by atoms with E-state index < -0.39 is 6.61 Å². The highest BCUT2D eigenvalue weighted by Crippen LogP contribution is 2.29. The van der Waals surface area contributed by atoms with Gasteiger partial charge in [-0.25, -0.2) is 0 Å². The zero-order chi connectivity index (χ0) is 10.7. The summed E-state index contributed by atoms with van der Waals surface area (Å²) in [5.74, 6) is -0.182. The number of hydrogen-bond donors (Lipinski definition) is 1. The lowest BCUT2D eigenvalue weighted by molar-refractivity contribution is -0.0498. The van der Waals surface area contributed by atoms with Crippen molar-refractivity contribution >= 4 is 17.3 Å². The van der Waals surface area contributed by atoms with E-state index in [0.29, 0.717) is 0 Å². The van der Waals surface area contributed by atoms with Crippen molar-refractivity contribution in [2.24, 2.45) is 0 Å². The SMILES string of the molecule is N#Cc1cc(OC(F)F)cc(N)c1Cl. The number of benzene rings is 1. The Hall–Kier alpha value is -1.54. The lowest BCUT2D eigenvalue weighted by Crippen LogP contribution is -2.03. The van der Waals surface area contributed by atoms with E-state index >= 15 is 0 Å². The first-order valence-electron chi connectivity index (χ1n) is 3.48. The fourth-order valence-electron chi connectivity index (χ4n) is 0.872. The molecule has 0 aromatic heterocycles. The maximum absolute atomic E-state index is 11.8. The third kappa shape index (κ3) is 2.24. The summed E-state index contributed by atoms with van der Waals surface area (Å²) in [6, 6.07) is 3.95. The van der Waals surface area contributed by atoms with Crippen LogP contribution in [0.1, 0.15) is 5.56 Å². The average molecular weight is 219 g/mol. The standard InChI is InChI=1S/C8H5ClF2N2O/c9-7-4(3-12)1-5(2-6(7)13)14-8(10)11/h1-2,8H,13H2. The van der Waals surface area contributed by atoms with Crippen molar-refractivity contribution in [2.75, 3.05) is 5.73 Å². The molecular weight excluding hydrogens is 214 g/mol. The van der Waals surface area contributed by atoms with Crippen LogP contribution < -0.4 is 10.5 Å². The number of halogens is 3. The number of nitrogens with zero attached hydrogens (tertiary/aromatic N) is 1. The normalized spacial score (nSPS) is 9.93. The molecule has 0 aliphatic rings. The summed E-state index contributed by atoms with van der Waals surface area (Å²) >= 11 is 5.61. The summed E-state index contributed by atoms with van der Waals surface area (Å²) in [4.78, 5) is 0. The van der Waals surface area contributed by atoms with E-state index in [1.54, 1.807) is 6.07 Å². The molecule has 0 saturated carbocycles. The Kier molecular flexibility index (Phi) is 3.10. The first kappa shape index (κ1) is 10.5. The van der Waals surface area contributed by atoms with E-state index in [0.717, 1.165) is 12.1 Å². The third-order valence-electron chi connectivity index (χ3n) is 1.42. The van der Waals surface area contributed by atoms with Crippen LogP contribution in [0.5, 0.6) is 5.75 Å². The van der Waals surface area contributed by atoms with Crippen LogP contribution in [0.2, 0.25) is 5.02 Å². The second-order valence-corrected chi connectivity index (χ2v) is 2.74. The summed E-state index contributed by atoms with van der Waals surface area (Å²) < 4.78 is 27.7. The molecule has 2 N–H and O–H groups in total. The van der Waals surface area contributed by atoms with Crippen molar-refractivity contribution in [3.05, 3.63) is 22.7 Å². The van der Waals surface area contributed by atoms with Crippen LogP contribution in [0.15, 0.2) is 12.1 Å². The summed E-state index contributed by atoms with van der Waals surface area (Å²) in [7, 11) is 0. The second-order valence-electron chi connectivity index (χ2n) is 2.36. The van der Waals surface area contributed by atoms with Crippen molar-refractivity contribution in [3.8, 4) is 11.8 Å². The number of anilines is 1. The zero-order valence-corrected chi connectivity index (χ0v) is 7.55. The Morgan fingerprint density at radius 2 is 2.14 bits per heavy atom. The summed E-state index contributed by atoms with van der Waals surface area (Å²) in [5.41, 5.74) is 5.40. The lowest BCUT2D eigenvalue weighted by Gasteiger charge is -2.07. The first-order valence-corrected chi connectivity index (χ1v) is 3.86. The maximum atomic E-state index is 11.8. The molecule has 0 unspecified atom stereocenters. The Bertz CT molecular complexity index is 390. The van der Waals surface area contributed by atoms with Crippen LogP contribution in [0.25, 0.3) is 0 Å². The van der Waals surface area contributed by atoms with Crippen LogP contribution in [-0.2, 0) is 0 Å². The van der Waals surface area contributed by atoms with E-state index in [4.69, 9.17) is 22.6 Å². The molecule has 6 heteroatoms. The number of nitriles is 1. The van der Waals surface area contributed by atoms with Crippen molar-refractivity contribution < 1.29 is 13.5 Å². The molecule has 0 fully saturated rings. The van der Waals surface area contributed by atoms with Crippen LogP contribution in [0.4, 0.5) is 14.5 Å². The van der Waals surface area contributed by atoms with E-state index in [1.165, 1.54) is 0 Å². The predicted octanol–water partition coefficient (Wildman–Crippen LogP) is 2.40. The monoisotopic (exact) mass is 218 g/mol. The molecule has 0 bridgehead atoms. The summed E-state index contributed by atoms with van der Waals surface area (Å²) in [6.07, 6.45) is 0. The minimum absolute atomic E-state index is 0.00215. The Labute approximate surface area is 83.6 Å². The van der Waals surface area contributed by atoms with Gasteiger partial charge in [0.1, 0.15) is 11.8 Å². The molecule has 1 rings (SSSR count). The van der Waals surface area contributed by atoms with Gasteiger partial charge in [-0.05, 0) is 6.07 Å². The van der Waals surface area contributed by atoms with Crippen LogP contribution in [0, 0.1) is 11.3 Å². The minimum atomic E-state index is -2.96. The largest absolute Gasteiger partial charge is 0.435 e. The number of hydrogen-bond acceptors (Lipinski definition) is 3. The molecule has 0 spiro atoms. The fourth-order valence-corrected chi connectivity index (χ4v) is 1.02. The topological polar surface area (TPSA) is 59.0 Å². The van der Waals surface area contributed by atoms with Crippen molar-refractivity contribution in [3.63, 3.8) is 0 Å². The maximum Gasteiger partial charge on any atom is 0.387 e. The molecule has 0 aliphatic carbocycles. The third-order valence-corrected chi connectivity index (χ3v) is 1.84. The van der Waals surface area contributed by atoms with Crippen molar-refractivity contribution in [2.45, 2.75) is 6.61 Å². The Balaban J connectivity index is 3.11. The average Bonchev–Trinajstić information content (AvgIpc) is 2.10. The summed E-state index contributed by atoms with van der Waals surface area (Å²) in [6.45, 7) is -2.96. The van der Waals surface area contributed by atoms with Gasteiger partial charge in [-0.3, -0.25) is 0 Å². The summed E-state index contributed by atoms with van der Waals surface area (Å²) in [5, 5.41) is 8.60. The second kappa shape index (κ2) is 4.11. The van der Waals surface area contributed by atoms with Crippen molar-refractivity contribution in [1.29, 1.82) is 5.26 Å². The van der Waals surface area contributed by atoms with Gasteiger partial charge in [0.25, 0.3) is 0 Å². The molecule has 1 aromatic rings. The van der Waals surface area contributed by atoms with Gasteiger partial charge in [0.05, 0.1) is 16.3 Å². The highest BCUT2D eigenvalue weighted by molar-refractivity contribution is 6.34. The van der Waals surface area contributed by atoms with E-state index in [-0.39, 0.29) is 22.0 Å². The van der Waals surface area contributed by atoms with Gasteiger partial charge in [0.15, 0.2) is 0 Å². The zero-order valence-electron chi connectivity index (χ0n) is 6.80. The molecule has 0 heterocycles. The smallest absolute Gasteiger partial charge is 0.387 e. The lowest BCUT2D eigenvalue weighted by atomic mass is 10.2. The molecule has 1 aromatic carbocycles. The van der Waals surface area contributed by atoms with Gasteiger partial charge in [-0.15, -0.1) is 0 Å².